The van der Waals surface area contributed by atoms with E-state index in [1.54, 1.807) is 24.3 Å². The summed E-state index contributed by atoms with van der Waals surface area (Å²) in [4.78, 5) is 29.3. The highest BCUT2D eigenvalue weighted by molar-refractivity contribution is 5.91. The molecule has 0 radical (unpaired) electrons. The zero-order valence-electron chi connectivity index (χ0n) is 16.3. The molecule has 2 rings (SSSR count). The number of hydrogen-bond acceptors (Lipinski definition) is 5. The maximum absolute atomic E-state index is 12.8. The number of phenols is 1. The first kappa shape index (κ1) is 21.2. The van der Waals surface area contributed by atoms with Crippen LogP contribution in [0, 0.1) is 5.92 Å². The van der Waals surface area contributed by atoms with Gasteiger partial charge < -0.3 is 15.2 Å². The van der Waals surface area contributed by atoms with Crippen LogP contribution in [0.3, 0.4) is 0 Å². The van der Waals surface area contributed by atoms with Crippen molar-refractivity contribution < 1.29 is 19.4 Å². The van der Waals surface area contributed by atoms with Gasteiger partial charge in [-0.25, -0.2) is 4.79 Å². The van der Waals surface area contributed by atoms with Crippen LogP contribution in [0.5, 0.6) is 5.75 Å². The molecule has 148 valence electrons. The molecule has 0 heterocycles. The van der Waals surface area contributed by atoms with Gasteiger partial charge in [-0.2, -0.15) is 0 Å². The molecule has 0 bridgehead atoms. The number of ether oxygens (including phenoxy) is 1. The Morgan fingerprint density at radius 3 is 2.36 bits per heavy atom. The van der Waals surface area contributed by atoms with Crippen LogP contribution in [0.25, 0.3) is 0 Å². The molecule has 0 saturated heterocycles. The Kier molecular flexibility index (Phi) is 7.75. The zero-order chi connectivity index (χ0) is 20.5. The average molecular weight is 382 g/mol. The number of para-hydroxylation sites is 1. The quantitative estimate of drug-likeness (QED) is 0.543. The Hall–Kier alpha value is -3.15. The summed E-state index contributed by atoms with van der Waals surface area (Å²) >= 11 is 0. The number of aliphatic imine (C=N–C) groups is 1. The molecule has 28 heavy (non-hydrogen) atoms. The molecule has 0 aromatic heterocycles. The number of phenolic OH excluding ortho intramolecular Hbond substituents is 1. The number of aromatic hydroxyl groups is 1. The first-order chi connectivity index (χ1) is 13.4. The summed E-state index contributed by atoms with van der Waals surface area (Å²) < 4.78 is 4.85. The van der Waals surface area contributed by atoms with E-state index in [0.717, 1.165) is 5.56 Å². The maximum Gasteiger partial charge on any atom is 0.328 e. The predicted molar refractivity (Wildman–Crippen MR) is 108 cm³/mol. The number of rotatable bonds is 8. The highest BCUT2D eigenvalue weighted by Crippen LogP contribution is 2.15. The second-order valence-electron chi connectivity index (χ2n) is 6.80. The highest BCUT2D eigenvalue weighted by Gasteiger charge is 2.27. The predicted octanol–water partition coefficient (Wildman–Crippen LogP) is 2.74. The normalized spacial score (nSPS) is 13.3. The number of benzene rings is 2. The van der Waals surface area contributed by atoms with Crippen molar-refractivity contribution in [1.29, 1.82) is 0 Å². The van der Waals surface area contributed by atoms with Gasteiger partial charge in [0, 0.05) is 18.2 Å². The minimum absolute atomic E-state index is 0.0886. The molecular formula is C22H26N2O4. The number of esters is 1. The standard InChI is InChI=1S/C22H26N2O4/c1-15(2)20(23-14-17-11-7-8-12-19(17)25)21(26)24-18(22(27)28-3)13-16-9-5-4-6-10-16/h4-12,14-15,18,20,25H,13H2,1-3H3,(H,24,26)/t18-,20-/m0/s1. The maximum atomic E-state index is 12.8. The van der Waals surface area contributed by atoms with E-state index in [1.165, 1.54) is 13.3 Å². The average Bonchev–Trinajstić information content (AvgIpc) is 2.69. The Balaban J connectivity index is 2.15. The summed E-state index contributed by atoms with van der Waals surface area (Å²) in [6.45, 7) is 3.74. The van der Waals surface area contributed by atoms with Crippen molar-refractivity contribution >= 4 is 18.1 Å². The zero-order valence-corrected chi connectivity index (χ0v) is 16.3. The van der Waals surface area contributed by atoms with Crippen LogP contribution in [0.15, 0.2) is 59.6 Å². The molecule has 1 amide bonds. The Bertz CT molecular complexity index is 818. The van der Waals surface area contributed by atoms with Gasteiger partial charge in [0.15, 0.2) is 0 Å². The van der Waals surface area contributed by atoms with Crippen molar-refractivity contribution in [2.24, 2.45) is 10.9 Å². The Morgan fingerprint density at radius 2 is 1.75 bits per heavy atom. The third-order valence-electron chi connectivity index (χ3n) is 4.30. The lowest BCUT2D eigenvalue weighted by Crippen LogP contribution is -2.48. The van der Waals surface area contributed by atoms with E-state index in [1.807, 2.05) is 44.2 Å². The molecule has 0 aliphatic heterocycles. The monoisotopic (exact) mass is 382 g/mol. The third kappa shape index (κ3) is 5.94. The highest BCUT2D eigenvalue weighted by atomic mass is 16.5. The minimum atomic E-state index is -0.804. The van der Waals surface area contributed by atoms with Crippen molar-refractivity contribution in [2.45, 2.75) is 32.4 Å². The first-order valence-electron chi connectivity index (χ1n) is 9.15. The molecule has 2 aromatic carbocycles. The van der Waals surface area contributed by atoms with Crippen LogP contribution in [0.2, 0.25) is 0 Å². The molecule has 6 heteroatoms. The van der Waals surface area contributed by atoms with Crippen molar-refractivity contribution in [3.8, 4) is 5.75 Å². The summed E-state index contributed by atoms with van der Waals surface area (Å²) in [5, 5.41) is 12.6. The van der Waals surface area contributed by atoms with E-state index in [0.29, 0.717) is 12.0 Å². The molecule has 2 aromatic rings. The molecular weight excluding hydrogens is 356 g/mol. The fourth-order valence-electron chi connectivity index (χ4n) is 2.74. The number of carbonyl (C=O) groups is 2. The largest absolute Gasteiger partial charge is 0.507 e. The lowest BCUT2D eigenvalue weighted by molar-refractivity contribution is -0.145. The van der Waals surface area contributed by atoms with Gasteiger partial charge >= 0.3 is 5.97 Å². The summed E-state index contributed by atoms with van der Waals surface area (Å²) in [7, 11) is 1.29. The Morgan fingerprint density at radius 1 is 1.11 bits per heavy atom. The summed E-state index contributed by atoms with van der Waals surface area (Å²) in [5.74, 6) is -0.889. The summed E-state index contributed by atoms with van der Waals surface area (Å²) in [6.07, 6.45) is 1.80. The van der Waals surface area contributed by atoms with E-state index in [2.05, 4.69) is 10.3 Å². The fraction of sp³-hybridized carbons (Fsp3) is 0.318. The third-order valence-corrected chi connectivity index (χ3v) is 4.30. The van der Waals surface area contributed by atoms with Gasteiger partial charge in [0.1, 0.15) is 17.8 Å². The van der Waals surface area contributed by atoms with Gasteiger partial charge in [-0.15, -0.1) is 0 Å². The van der Waals surface area contributed by atoms with Crippen LogP contribution in [-0.4, -0.2) is 42.4 Å². The molecule has 0 unspecified atom stereocenters. The summed E-state index contributed by atoms with van der Waals surface area (Å²) in [5.41, 5.74) is 1.44. The lowest BCUT2D eigenvalue weighted by atomic mass is 10.0. The van der Waals surface area contributed by atoms with Gasteiger partial charge in [-0.05, 0) is 23.6 Å². The molecule has 0 fully saturated rings. The second-order valence-corrected chi connectivity index (χ2v) is 6.80. The molecule has 2 N–H and O–H groups in total. The van der Waals surface area contributed by atoms with Crippen LogP contribution in [0.1, 0.15) is 25.0 Å². The lowest BCUT2D eigenvalue weighted by Gasteiger charge is -2.21. The number of carbonyl (C=O) groups excluding carboxylic acids is 2. The van der Waals surface area contributed by atoms with Crippen molar-refractivity contribution in [1.82, 2.24) is 5.32 Å². The summed E-state index contributed by atoms with van der Waals surface area (Å²) in [6, 6.07) is 14.7. The van der Waals surface area contributed by atoms with Crippen LogP contribution in [0.4, 0.5) is 0 Å². The molecule has 6 nitrogen and oxygen atoms in total. The number of nitrogens with one attached hydrogen (secondary N) is 1. The molecule has 0 aliphatic rings. The Labute approximate surface area is 165 Å². The number of amides is 1. The van der Waals surface area contributed by atoms with Gasteiger partial charge in [0.2, 0.25) is 5.91 Å². The van der Waals surface area contributed by atoms with E-state index in [4.69, 9.17) is 4.74 Å². The molecule has 2 atom stereocenters. The van der Waals surface area contributed by atoms with Crippen molar-refractivity contribution in [3.05, 3.63) is 65.7 Å². The van der Waals surface area contributed by atoms with Gasteiger partial charge in [-0.3, -0.25) is 9.79 Å². The van der Waals surface area contributed by atoms with Crippen LogP contribution < -0.4 is 5.32 Å². The topological polar surface area (TPSA) is 88.0 Å². The number of hydrogen-bond donors (Lipinski definition) is 2. The van der Waals surface area contributed by atoms with E-state index in [-0.39, 0.29) is 17.6 Å². The van der Waals surface area contributed by atoms with E-state index >= 15 is 0 Å². The van der Waals surface area contributed by atoms with Crippen LogP contribution >= 0.6 is 0 Å². The number of methoxy groups -OCH3 is 1. The fourth-order valence-corrected chi connectivity index (χ4v) is 2.74. The molecule has 0 spiro atoms. The smallest absolute Gasteiger partial charge is 0.328 e. The number of nitrogens with zero attached hydrogens (tertiary/aromatic N) is 1. The van der Waals surface area contributed by atoms with Gasteiger partial charge in [0.05, 0.1) is 7.11 Å². The second kappa shape index (κ2) is 10.3. The van der Waals surface area contributed by atoms with Crippen LogP contribution in [-0.2, 0) is 20.7 Å². The van der Waals surface area contributed by atoms with E-state index < -0.39 is 18.1 Å². The van der Waals surface area contributed by atoms with Gasteiger partial charge in [0.25, 0.3) is 0 Å². The van der Waals surface area contributed by atoms with Crippen molar-refractivity contribution in [2.75, 3.05) is 7.11 Å². The SMILES string of the molecule is COC(=O)[C@H](Cc1ccccc1)NC(=O)[C@@H](N=Cc1ccccc1O)C(C)C. The van der Waals surface area contributed by atoms with E-state index in [9.17, 15) is 14.7 Å². The van der Waals surface area contributed by atoms with Crippen molar-refractivity contribution in [3.63, 3.8) is 0 Å². The molecule has 0 aliphatic carbocycles. The molecule has 0 saturated carbocycles. The minimum Gasteiger partial charge on any atom is -0.507 e. The van der Waals surface area contributed by atoms with Gasteiger partial charge in [-0.1, -0.05) is 56.3 Å². The first-order valence-corrected chi connectivity index (χ1v) is 9.15.